The minimum Gasteiger partial charge on any atom is -0.487 e. The molecule has 112 heavy (non-hydrogen) atoms. The van der Waals surface area contributed by atoms with Gasteiger partial charge < -0.3 is 134 Å². The van der Waals surface area contributed by atoms with Crippen molar-refractivity contribution in [2.45, 2.75) is 201 Å². The highest BCUT2D eigenvalue weighted by molar-refractivity contribution is 5.91. The summed E-state index contributed by atoms with van der Waals surface area (Å²) in [6, 6.07) is -0.788. The molecule has 3 N–H and O–H groups in total. The van der Waals surface area contributed by atoms with Crippen LogP contribution in [0.15, 0.2) is 12.1 Å². The van der Waals surface area contributed by atoms with Gasteiger partial charge in [0.25, 0.3) is 0 Å². The van der Waals surface area contributed by atoms with Crippen molar-refractivity contribution in [1.82, 2.24) is 16.0 Å². The van der Waals surface area contributed by atoms with E-state index in [1.807, 2.05) is 0 Å². The van der Waals surface area contributed by atoms with Gasteiger partial charge in [-0.05, 0) is 32.9 Å². The number of amides is 3. The van der Waals surface area contributed by atoms with Crippen LogP contribution in [0.25, 0.3) is 0 Å². The van der Waals surface area contributed by atoms with Crippen molar-refractivity contribution in [3.8, 4) is 17.2 Å². The summed E-state index contributed by atoms with van der Waals surface area (Å²) in [5, 5.41) is 7.86. The maximum Gasteiger partial charge on any atom is 0.338 e. The quantitative estimate of drug-likeness (QED) is 0.0435. The fourth-order valence-electron chi connectivity index (χ4n) is 10.9. The number of rotatable bonds is 49. The Bertz CT molecular complexity index is 3070. The van der Waals surface area contributed by atoms with Crippen LogP contribution in [0.4, 0.5) is 0 Å². The lowest BCUT2D eigenvalue weighted by Crippen LogP contribution is -2.66. The summed E-state index contributed by atoms with van der Waals surface area (Å²) in [5.74, 6) is -9.02. The Morgan fingerprint density at radius 1 is 0.321 bits per heavy atom. The molecule has 3 aliphatic heterocycles. The van der Waals surface area contributed by atoms with Crippen molar-refractivity contribution in [3.63, 3.8) is 0 Å². The van der Waals surface area contributed by atoms with Crippen molar-refractivity contribution in [3.05, 3.63) is 17.7 Å². The molecule has 0 unspecified atom stereocenters. The number of hydrogen-bond donors (Lipinski definition) is 3. The minimum absolute atomic E-state index is 0.0109. The zero-order valence-corrected chi connectivity index (χ0v) is 65.7. The SMILES string of the molecule is CC(=O)N[C@H]1[C@H](OCCOCCOCCOc2cc(C(=O)OC(C)(C)C)cc(OCCOCCOCCO[C@@H]3O[C@H](COC(C)=O)[C@H](OC(C)=O)[C@H](OC(C)=O)[C@H]3NC(C)=O)c2OCCOCCOCCO[C@@H]2O[C@H](COC(C)=O)[C@H](OC(C)=O)[C@H](OC(C)=O)[C@H]2NC(C)=O)O[C@H](COC(C)=O)[C@H](OC(C)=O)[C@@H]1OC(C)=O. The van der Waals surface area contributed by atoms with Gasteiger partial charge in [0, 0.05) is 83.1 Å². The highest BCUT2D eigenvalue weighted by Gasteiger charge is 2.54. The van der Waals surface area contributed by atoms with Crippen LogP contribution >= 0.6 is 0 Å². The van der Waals surface area contributed by atoms with Crippen LogP contribution < -0.4 is 30.2 Å². The van der Waals surface area contributed by atoms with Gasteiger partial charge in [-0.3, -0.25) is 57.5 Å². The molecule has 1 aromatic rings. The average molecular weight is 1610 g/mol. The predicted molar refractivity (Wildman–Crippen MR) is 373 cm³/mol. The smallest absolute Gasteiger partial charge is 0.338 e. The molecule has 15 atom stereocenters. The van der Waals surface area contributed by atoms with Gasteiger partial charge in [-0.2, -0.15) is 0 Å². The van der Waals surface area contributed by atoms with E-state index in [9.17, 15) is 62.3 Å². The van der Waals surface area contributed by atoms with E-state index < -0.39 is 195 Å². The van der Waals surface area contributed by atoms with E-state index in [1.54, 1.807) is 20.8 Å². The van der Waals surface area contributed by atoms with Crippen LogP contribution in [-0.2, 0) is 162 Å². The molecule has 0 bridgehead atoms. The van der Waals surface area contributed by atoms with E-state index in [1.165, 1.54) is 32.9 Å². The molecule has 3 amide bonds. The third-order valence-electron chi connectivity index (χ3n) is 15.0. The molecule has 3 saturated heterocycles. The summed E-state index contributed by atoms with van der Waals surface area (Å²) in [6.45, 7) is 16.7. The molecule has 0 spiro atoms. The van der Waals surface area contributed by atoms with Gasteiger partial charge in [0.2, 0.25) is 23.5 Å². The molecule has 0 aliphatic carbocycles. The van der Waals surface area contributed by atoms with Crippen LogP contribution in [0.3, 0.4) is 0 Å². The van der Waals surface area contributed by atoms with Gasteiger partial charge in [0.15, 0.2) is 67.0 Å². The summed E-state index contributed by atoms with van der Waals surface area (Å²) in [6.07, 6.45) is -15.5. The van der Waals surface area contributed by atoms with E-state index in [2.05, 4.69) is 16.0 Å². The van der Waals surface area contributed by atoms with Crippen LogP contribution in [0, 0.1) is 0 Å². The Kier molecular flexibility index (Phi) is 43.0. The predicted octanol–water partition coefficient (Wildman–Crippen LogP) is -0.104. The maximum absolute atomic E-state index is 13.7. The first kappa shape index (κ1) is 95.6. The van der Waals surface area contributed by atoms with Crippen molar-refractivity contribution >= 4 is 77.4 Å². The van der Waals surface area contributed by atoms with E-state index in [4.69, 9.17) is 118 Å². The van der Waals surface area contributed by atoms with Gasteiger partial charge in [-0.1, -0.05) is 0 Å². The summed E-state index contributed by atoms with van der Waals surface area (Å²) < 4.78 is 143. The van der Waals surface area contributed by atoms with Crippen molar-refractivity contribution in [2.24, 2.45) is 0 Å². The minimum atomic E-state index is -1.33. The van der Waals surface area contributed by atoms with Gasteiger partial charge in [-0.15, -0.1) is 0 Å². The maximum atomic E-state index is 13.7. The van der Waals surface area contributed by atoms with Crippen LogP contribution in [0.5, 0.6) is 17.2 Å². The van der Waals surface area contributed by atoms with Gasteiger partial charge in [-0.25, -0.2) is 4.79 Å². The molecule has 3 aliphatic rings. The third-order valence-corrected chi connectivity index (χ3v) is 15.0. The van der Waals surface area contributed by atoms with E-state index >= 15 is 0 Å². The standard InChI is InChI=1S/C71H107N3O38/c1-39(75)72-57-64(106-48(10)84)61(103-45(7)81)54(36-100-42(4)78)109-68(57)97-31-25-91-19-16-88-22-28-94-52-34-51(67(87)112-71(13,14)15)35-53(95-29-23-89-17-20-92-26-32-98-69-58(73-40(2)76)65(107-49(11)85)62(104-46(8)82)55(110-69)37-101-43(5)79)60(52)96-30-24-90-18-21-93-27-33-99-70-59(74-41(3)77)66(108-50(12)86)63(105-47(9)83)56(111-70)38-102-44(6)80/h34-35,54-59,61-66,68-70H,16-33,36-38H2,1-15H3,(H,72,75)(H,73,76)(H,74,77)/t54-,55-,56-,57-,58-,59-,61+,62+,63+,64-,65-,66-,68-,69-,70-/m1/s1. The second-order valence-corrected chi connectivity index (χ2v) is 25.8. The molecular weight excluding hydrogens is 1500 g/mol. The topological polar surface area (TPSA) is 489 Å². The number of nitrogens with one attached hydrogen (secondary N) is 3. The zero-order chi connectivity index (χ0) is 83.0. The Balaban J connectivity index is 1.44. The van der Waals surface area contributed by atoms with Crippen molar-refractivity contribution in [2.75, 3.05) is 139 Å². The summed E-state index contributed by atoms with van der Waals surface area (Å²) >= 11 is 0. The van der Waals surface area contributed by atoms with Gasteiger partial charge in [0.05, 0.1) is 105 Å². The highest BCUT2D eigenvalue weighted by Crippen LogP contribution is 2.40. The average Bonchev–Trinajstić information content (AvgIpc) is 0.794. The number of benzene rings is 1. The summed E-state index contributed by atoms with van der Waals surface area (Å²) in [4.78, 5) is 160. The van der Waals surface area contributed by atoms with Gasteiger partial charge in [0.1, 0.15) is 81.7 Å². The Labute approximate surface area is 647 Å². The molecular formula is C71H107N3O38. The first-order chi connectivity index (χ1) is 53.0. The number of esters is 10. The second-order valence-electron chi connectivity index (χ2n) is 25.8. The molecule has 1 aromatic carbocycles. The Morgan fingerprint density at radius 3 is 0.804 bits per heavy atom. The van der Waals surface area contributed by atoms with Crippen molar-refractivity contribution < 1.29 is 181 Å². The fourth-order valence-corrected chi connectivity index (χ4v) is 10.9. The molecule has 0 radical (unpaired) electrons. The molecule has 3 fully saturated rings. The lowest BCUT2D eigenvalue weighted by Gasteiger charge is -2.44. The fraction of sp³-hybridized carbons (Fsp3) is 0.732. The summed E-state index contributed by atoms with van der Waals surface area (Å²) in [7, 11) is 0. The number of hydrogen-bond acceptors (Lipinski definition) is 38. The van der Waals surface area contributed by atoms with E-state index in [0.29, 0.717) is 0 Å². The normalized spacial score (nSPS) is 23.4. The first-order valence-corrected chi connectivity index (χ1v) is 35.9. The van der Waals surface area contributed by atoms with Crippen LogP contribution in [0.1, 0.15) is 114 Å². The molecule has 634 valence electrons. The lowest BCUT2D eigenvalue weighted by molar-refractivity contribution is -0.279. The van der Waals surface area contributed by atoms with E-state index in [0.717, 1.165) is 62.3 Å². The lowest BCUT2D eigenvalue weighted by atomic mass is 9.96. The molecule has 0 saturated carbocycles. The molecule has 3 heterocycles. The largest absolute Gasteiger partial charge is 0.487 e. The Morgan fingerprint density at radius 2 is 0.562 bits per heavy atom. The molecule has 0 aromatic heterocycles. The monoisotopic (exact) mass is 1610 g/mol. The van der Waals surface area contributed by atoms with Crippen molar-refractivity contribution in [1.29, 1.82) is 0 Å². The first-order valence-electron chi connectivity index (χ1n) is 35.9. The molecule has 41 nitrogen and oxygen atoms in total. The van der Waals surface area contributed by atoms with Gasteiger partial charge >= 0.3 is 59.7 Å². The highest BCUT2D eigenvalue weighted by atomic mass is 16.7. The number of ether oxygens (including phenoxy) is 25. The second kappa shape index (κ2) is 50.4. The molecule has 41 heteroatoms. The van der Waals surface area contributed by atoms with E-state index in [-0.39, 0.29) is 142 Å². The zero-order valence-electron chi connectivity index (χ0n) is 65.7. The molecule has 4 rings (SSSR count). The van der Waals surface area contributed by atoms with Crippen LogP contribution in [0.2, 0.25) is 0 Å². The number of carbonyl (C=O) groups excluding carboxylic acids is 13. The van der Waals surface area contributed by atoms with Crippen LogP contribution in [-0.4, -0.2) is 314 Å². The third kappa shape index (κ3) is 36.8. The number of carbonyl (C=O) groups is 13. The Hall–Kier alpha value is -8.75. The summed E-state index contributed by atoms with van der Waals surface area (Å²) in [5.41, 5.74) is -0.925.